The Morgan fingerprint density at radius 2 is 0.302 bits per heavy atom. The summed E-state index contributed by atoms with van der Waals surface area (Å²) < 4.78 is 0. The molecule has 0 rings (SSSR count). The topological polar surface area (TPSA) is 417 Å². The molecule has 0 amide bonds. The summed E-state index contributed by atoms with van der Waals surface area (Å²) in [5, 5.41) is 105. The average molecular weight is 911 g/mol. The first-order valence-corrected chi connectivity index (χ1v) is 16.5. The van der Waals surface area contributed by atoms with Crippen LogP contribution in [0, 0.1) is 5.41 Å². The van der Waals surface area contributed by atoms with Gasteiger partial charge in [0.15, 0.2) is 0 Å². The summed E-state index contributed by atoms with van der Waals surface area (Å²) >= 11 is 0. The molecule has 13 N–H and O–H groups in total. The van der Waals surface area contributed by atoms with Gasteiger partial charge in [-0.25, -0.2) is 43.2 Å². The van der Waals surface area contributed by atoms with E-state index in [1.807, 2.05) is 0 Å². The molecular weight excluding hydrogens is 844 g/mol. The number of aliphatic hydroxyl groups excluding tert-OH is 4. The molecule has 0 heterocycles. The van der Waals surface area contributed by atoms with Gasteiger partial charge in [0.05, 0.1) is 31.8 Å². The number of carboxylic acid groups (broad SMARTS) is 9. The van der Waals surface area contributed by atoms with Crippen LogP contribution in [0.4, 0.5) is 0 Å². The molecule has 63 heavy (non-hydrogen) atoms. The van der Waals surface area contributed by atoms with Crippen LogP contribution in [-0.2, 0) is 43.2 Å². The second-order valence-corrected chi connectivity index (χ2v) is 11.9. The van der Waals surface area contributed by atoms with Crippen molar-refractivity contribution in [3.63, 3.8) is 0 Å². The summed E-state index contributed by atoms with van der Waals surface area (Å²) in [6.07, 6.45) is 0. The zero-order valence-corrected chi connectivity index (χ0v) is 37.2. The Kier molecular flexibility index (Phi) is 62.2. The van der Waals surface area contributed by atoms with Crippen molar-refractivity contribution in [2.75, 3.05) is 26.4 Å². The Balaban J connectivity index is -0.0000000621. The third-order valence-electron chi connectivity index (χ3n) is 4.63. The Bertz CT molecular complexity index is 1140. The minimum absolute atomic E-state index is 0.176. The van der Waals surface area contributed by atoms with E-state index in [0.29, 0.717) is 0 Å². The quantitative estimate of drug-likeness (QED) is 0.117. The van der Waals surface area contributed by atoms with E-state index < -0.39 is 85.6 Å². The van der Waals surface area contributed by atoms with Gasteiger partial charge >= 0.3 is 53.7 Å². The van der Waals surface area contributed by atoms with Crippen LogP contribution in [0.2, 0.25) is 0 Å². The van der Waals surface area contributed by atoms with Gasteiger partial charge in [-0.15, -0.1) is 0 Å². The first-order valence-electron chi connectivity index (χ1n) is 16.5. The third-order valence-corrected chi connectivity index (χ3v) is 4.63. The first-order chi connectivity index (χ1) is 28.0. The molecule has 0 spiro atoms. The molecule has 0 atom stereocenters. The van der Waals surface area contributed by atoms with Crippen LogP contribution in [0.25, 0.3) is 0 Å². The van der Waals surface area contributed by atoms with Crippen molar-refractivity contribution >= 4 is 53.7 Å². The van der Waals surface area contributed by atoms with Gasteiger partial charge < -0.3 is 66.4 Å². The number of hydrogen-bond acceptors (Lipinski definition) is 13. The molecular formula is C41H66O22. The highest BCUT2D eigenvalue weighted by molar-refractivity contribution is 5.87. The molecule has 362 valence electrons. The van der Waals surface area contributed by atoms with Gasteiger partial charge in [0, 0.05) is 50.2 Å². The minimum atomic E-state index is -1.11. The number of aliphatic hydroxyl groups is 4. The summed E-state index contributed by atoms with van der Waals surface area (Å²) in [6.45, 7) is 39.8. The van der Waals surface area contributed by atoms with Gasteiger partial charge in [0.2, 0.25) is 0 Å². The van der Waals surface area contributed by atoms with E-state index in [2.05, 4.69) is 59.2 Å². The molecule has 0 aliphatic carbocycles. The molecule has 0 aliphatic heterocycles. The molecule has 0 fully saturated rings. The predicted molar refractivity (Wildman–Crippen MR) is 233 cm³/mol. The summed E-state index contributed by atoms with van der Waals surface area (Å²) in [5.74, 6) is -8.42. The fourth-order valence-corrected chi connectivity index (χ4v) is 0.300. The van der Waals surface area contributed by atoms with Gasteiger partial charge in [0.25, 0.3) is 0 Å². The lowest BCUT2D eigenvalue weighted by atomic mass is 9.93. The van der Waals surface area contributed by atoms with Gasteiger partial charge in [-0.05, 0) is 62.3 Å². The van der Waals surface area contributed by atoms with Crippen LogP contribution in [0.15, 0.2) is 109 Å². The largest absolute Gasteiger partial charge is 0.478 e. The fourth-order valence-electron chi connectivity index (χ4n) is 0.300. The van der Waals surface area contributed by atoms with Crippen LogP contribution < -0.4 is 0 Å². The van der Waals surface area contributed by atoms with Crippen LogP contribution in [0.1, 0.15) is 62.3 Å². The van der Waals surface area contributed by atoms with Crippen molar-refractivity contribution in [3.8, 4) is 0 Å². The SMILES string of the molecule is C=C(C)C(=O)O.C=C(C)C(=O)O.C=C(C)C(=O)O.C=C(C)C(=O)O.C=C(C)C(=O)O.C=C(C)C(=O)O.C=C(C)C(=O)O.C=C(C)C(=O)O.C=C(C)C(=O)O.OCC(CO)(CO)CO. The molecule has 0 unspecified atom stereocenters. The molecule has 0 aromatic rings. The molecule has 22 heteroatoms. The number of rotatable bonds is 13. The molecule has 0 saturated heterocycles. The zero-order chi connectivity index (χ0) is 53.7. The Hall–Kier alpha value is -7.27. The number of carboxylic acids is 9. The summed E-state index contributed by atoms with van der Waals surface area (Å²) in [4.78, 5) is 86.4. The maximum Gasteiger partial charge on any atom is 0.330 e. The molecule has 0 bridgehead atoms. The molecule has 0 saturated carbocycles. The predicted octanol–water partition coefficient (Wildman–Crippen LogP) is 3.77. The monoisotopic (exact) mass is 910 g/mol. The van der Waals surface area contributed by atoms with Crippen molar-refractivity contribution < 1.29 is 110 Å². The summed E-state index contributed by atoms with van der Waals surface area (Å²) in [7, 11) is 0. The van der Waals surface area contributed by atoms with Crippen molar-refractivity contribution in [2.45, 2.75) is 62.3 Å². The van der Waals surface area contributed by atoms with Gasteiger partial charge in [-0.3, -0.25) is 0 Å². The van der Waals surface area contributed by atoms with Crippen molar-refractivity contribution in [1.29, 1.82) is 0 Å². The average Bonchev–Trinajstić information content (AvgIpc) is 3.14. The fraction of sp³-hybridized carbons (Fsp3) is 0.341. The van der Waals surface area contributed by atoms with Gasteiger partial charge in [0.1, 0.15) is 0 Å². The maximum absolute atomic E-state index is 9.60. The maximum atomic E-state index is 9.60. The second-order valence-electron chi connectivity index (χ2n) is 11.9. The highest BCUT2D eigenvalue weighted by Crippen LogP contribution is 2.11. The second kappa shape index (κ2) is 49.1. The van der Waals surface area contributed by atoms with E-state index in [4.69, 9.17) is 66.4 Å². The van der Waals surface area contributed by atoms with Crippen LogP contribution >= 0.6 is 0 Å². The molecule has 0 aromatic heterocycles. The van der Waals surface area contributed by atoms with Crippen LogP contribution in [0.3, 0.4) is 0 Å². The number of carbonyl (C=O) groups is 9. The molecule has 0 aromatic carbocycles. The molecule has 0 aliphatic rings. The number of hydrogen-bond donors (Lipinski definition) is 13. The first kappa shape index (κ1) is 79.8. The highest BCUT2D eigenvalue weighted by atomic mass is 16.4. The van der Waals surface area contributed by atoms with E-state index in [0.717, 1.165) is 0 Å². The standard InChI is InChI=1S/C5H12O4.9C4H6O2/c6-1-5(2-7,3-8)4-9;9*1-3(2)4(5)6/h6-9H,1-4H2;9*1H2,2H3,(H,5,6). The Morgan fingerprint density at radius 3 is 0.302 bits per heavy atom. The Labute approximate surface area is 366 Å². The van der Waals surface area contributed by atoms with Crippen molar-refractivity contribution in [1.82, 2.24) is 0 Å². The van der Waals surface area contributed by atoms with Crippen molar-refractivity contribution in [3.05, 3.63) is 109 Å². The van der Waals surface area contributed by atoms with E-state index in [1.54, 1.807) is 0 Å². The van der Waals surface area contributed by atoms with Gasteiger partial charge in [-0.1, -0.05) is 59.2 Å². The Morgan fingerprint density at radius 1 is 0.254 bits per heavy atom. The molecule has 0 radical (unpaired) electrons. The normalized spacial score (nSPS) is 8.14. The summed E-state index contributed by atoms with van der Waals surface area (Å²) in [6, 6.07) is 0. The third kappa shape index (κ3) is 91.7. The smallest absolute Gasteiger partial charge is 0.330 e. The van der Waals surface area contributed by atoms with E-state index >= 15 is 0 Å². The lowest BCUT2D eigenvalue weighted by Gasteiger charge is -2.23. The van der Waals surface area contributed by atoms with E-state index in [-0.39, 0.29) is 50.2 Å². The zero-order valence-electron chi connectivity index (χ0n) is 37.2. The van der Waals surface area contributed by atoms with Crippen LogP contribution in [-0.4, -0.2) is 147 Å². The lowest BCUT2D eigenvalue weighted by molar-refractivity contribution is -0.133. The van der Waals surface area contributed by atoms with Crippen molar-refractivity contribution in [2.24, 2.45) is 5.41 Å². The van der Waals surface area contributed by atoms with E-state index in [9.17, 15) is 43.2 Å². The van der Waals surface area contributed by atoms with Crippen LogP contribution in [0.5, 0.6) is 0 Å². The highest BCUT2D eigenvalue weighted by Gasteiger charge is 2.26. The number of aliphatic carboxylic acids is 9. The van der Waals surface area contributed by atoms with E-state index in [1.165, 1.54) is 62.3 Å². The minimum Gasteiger partial charge on any atom is -0.478 e. The van der Waals surface area contributed by atoms with Gasteiger partial charge in [-0.2, -0.15) is 0 Å². The summed E-state index contributed by atoms with van der Waals surface area (Å²) in [5.41, 5.74) is 0.472. The lowest BCUT2D eigenvalue weighted by Crippen LogP contribution is -2.37. The molecule has 22 nitrogen and oxygen atoms in total.